The van der Waals surface area contributed by atoms with Gasteiger partial charge in [-0.15, -0.1) is 13.2 Å². The fraction of sp³-hybridized carbons (Fsp3) is 0.240. The molecule has 5 nitrogen and oxygen atoms in total. The Labute approximate surface area is 176 Å². The Kier molecular flexibility index (Phi) is 5.12. The Balaban J connectivity index is 2.02. The highest BCUT2D eigenvalue weighted by atomic mass is 16.2. The van der Waals surface area contributed by atoms with Gasteiger partial charge in [0.25, 0.3) is 5.56 Å². The quantitative estimate of drug-likeness (QED) is 0.579. The standard InChI is InChI=1S/C25H25N3O2/c1-4-15-25(16-5-2)24-26-21-14-10-9-13-20(21)23(30)28(24)18(3)22(29)27(25)17-19-11-7-6-8-12-19/h4-14,18H,1-2,15-17H2,3H3/t18-/m0/s1. The van der Waals surface area contributed by atoms with Crippen LogP contribution in [0.25, 0.3) is 10.9 Å². The normalized spacial score (nSPS) is 17.6. The number of carbonyl (C=O) groups is 1. The third kappa shape index (κ3) is 2.98. The Bertz CT molecular complexity index is 1170. The molecular weight excluding hydrogens is 374 g/mol. The molecule has 0 bridgehead atoms. The van der Waals surface area contributed by atoms with Crippen molar-refractivity contribution in [1.29, 1.82) is 0 Å². The van der Waals surface area contributed by atoms with E-state index < -0.39 is 11.6 Å². The second-order valence-electron chi connectivity index (χ2n) is 7.73. The molecule has 1 aliphatic rings. The molecule has 5 heteroatoms. The number of carbonyl (C=O) groups excluding carboxylic acids is 1. The van der Waals surface area contributed by atoms with Crippen molar-refractivity contribution in [2.24, 2.45) is 0 Å². The van der Waals surface area contributed by atoms with Gasteiger partial charge in [0.15, 0.2) is 0 Å². The monoisotopic (exact) mass is 399 g/mol. The summed E-state index contributed by atoms with van der Waals surface area (Å²) in [7, 11) is 0. The molecule has 1 amide bonds. The maximum Gasteiger partial charge on any atom is 0.262 e. The predicted molar refractivity (Wildman–Crippen MR) is 119 cm³/mol. The van der Waals surface area contributed by atoms with Crippen molar-refractivity contribution in [2.75, 3.05) is 0 Å². The van der Waals surface area contributed by atoms with E-state index in [9.17, 15) is 9.59 Å². The van der Waals surface area contributed by atoms with Crippen LogP contribution in [0.15, 0.2) is 84.7 Å². The van der Waals surface area contributed by atoms with E-state index in [1.54, 1.807) is 29.7 Å². The van der Waals surface area contributed by atoms with Gasteiger partial charge in [0.1, 0.15) is 17.4 Å². The lowest BCUT2D eigenvalue weighted by atomic mass is 9.83. The van der Waals surface area contributed by atoms with E-state index in [1.807, 2.05) is 53.4 Å². The second kappa shape index (κ2) is 7.75. The summed E-state index contributed by atoms with van der Waals surface area (Å²) in [4.78, 5) is 33.8. The third-order valence-corrected chi connectivity index (χ3v) is 5.90. The van der Waals surface area contributed by atoms with Gasteiger partial charge < -0.3 is 4.90 Å². The molecule has 4 rings (SSSR count). The molecule has 0 unspecified atom stereocenters. The van der Waals surface area contributed by atoms with Crippen LogP contribution in [-0.4, -0.2) is 20.4 Å². The van der Waals surface area contributed by atoms with Crippen molar-refractivity contribution in [3.05, 3.63) is 102 Å². The smallest absolute Gasteiger partial charge is 0.262 e. The fourth-order valence-corrected chi connectivity index (χ4v) is 4.46. The highest BCUT2D eigenvalue weighted by molar-refractivity contribution is 5.84. The molecule has 0 aliphatic carbocycles. The first kappa shape index (κ1) is 19.8. The molecule has 2 aromatic carbocycles. The largest absolute Gasteiger partial charge is 0.323 e. The van der Waals surface area contributed by atoms with Crippen molar-refractivity contribution in [3.63, 3.8) is 0 Å². The van der Waals surface area contributed by atoms with Crippen molar-refractivity contribution in [2.45, 2.75) is 37.9 Å². The zero-order chi connectivity index (χ0) is 21.3. The molecule has 0 radical (unpaired) electrons. The number of nitrogens with zero attached hydrogens (tertiary/aromatic N) is 3. The number of fused-ring (bicyclic) bond motifs is 2. The minimum absolute atomic E-state index is 0.103. The number of para-hydroxylation sites is 1. The summed E-state index contributed by atoms with van der Waals surface area (Å²) in [5, 5.41) is 0.517. The fourth-order valence-electron chi connectivity index (χ4n) is 4.46. The molecule has 1 atom stereocenters. The van der Waals surface area contributed by atoms with Crippen molar-refractivity contribution in [1.82, 2.24) is 14.5 Å². The summed E-state index contributed by atoms with van der Waals surface area (Å²) in [6, 6.07) is 16.5. The number of benzene rings is 2. The summed E-state index contributed by atoms with van der Waals surface area (Å²) in [6.45, 7) is 10.1. The lowest BCUT2D eigenvalue weighted by Gasteiger charge is -2.48. The van der Waals surface area contributed by atoms with Crippen LogP contribution in [0.1, 0.15) is 37.2 Å². The van der Waals surface area contributed by atoms with Gasteiger partial charge in [0, 0.05) is 6.54 Å². The second-order valence-corrected chi connectivity index (χ2v) is 7.73. The van der Waals surface area contributed by atoms with Gasteiger partial charge in [-0.3, -0.25) is 14.2 Å². The van der Waals surface area contributed by atoms with Crippen LogP contribution in [0.4, 0.5) is 0 Å². The Morgan fingerprint density at radius 2 is 1.63 bits per heavy atom. The molecule has 1 aliphatic heterocycles. The first-order valence-corrected chi connectivity index (χ1v) is 10.1. The Hall–Kier alpha value is -3.47. The Morgan fingerprint density at radius 1 is 1.00 bits per heavy atom. The number of rotatable bonds is 6. The maximum absolute atomic E-state index is 13.6. The van der Waals surface area contributed by atoms with Crippen LogP contribution < -0.4 is 5.56 Å². The molecule has 0 N–H and O–H groups in total. The topological polar surface area (TPSA) is 55.2 Å². The van der Waals surface area contributed by atoms with E-state index in [0.29, 0.717) is 36.1 Å². The number of aromatic nitrogens is 2. The van der Waals surface area contributed by atoms with Crippen LogP contribution in [-0.2, 0) is 16.9 Å². The number of hydrogen-bond donors (Lipinski definition) is 0. The molecule has 30 heavy (non-hydrogen) atoms. The highest BCUT2D eigenvalue weighted by Gasteiger charge is 2.49. The van der Waals surface area contributed by atoms with E-state index in [0.717, 1.165) is 5.56 Å². The molecule has 152 valence electrons. The van der Waals surface area contributed by atoms with E-state index in [-0.39, 0.29) is 11.5 Å². The SMILES string of the molecule is C=CCC1(CC=C)c2nc3ccccc3c(=O)n2[C@@H](C)C(=O)N1Cc1ccccc1. The van der Waals surface area contributed by atoms with E-state index in [4.69, 9.17) is 4.98 Å². The van der Waals surface area contributed by atoms with E-state index >= 15 is 0 Å². The van der Waals surface area contributed by atoms with Gasteiger partial charge in [-0.25, -0.2) is 4.98 Å². The van der Waals surface area contributed by atoms with Crippen LogP contribution in [0.2, 0.25) is 0 Å². The third-order valence-electron chi connectivity index (χ3n) is 5.90. The van der Waals surface area contributed by atoms with Gasteiger partial charge in [0.2, 0.25) is 5.91 Å². The molecule has 1 aromatic heterocycles. The van der Waals surface area contributed by atoms with Crippen LogP contribution in [0, 0.1) is 0 Å². The van der Waals surface area contributed by atoms with Gasteiger partial charge in [0.05, 0.1) is 10.9 Å². The zero-order valence-electron chi connectivity index (χ0n) is 17.1. The number of amides is 1. The lowest BCUT2D eigenvalue weighted by molar-refractivity contribution is -0.147. The molecule has 0 spiro atoms. The molecule has 0 fully saturated rings. The van der Waals surface area contributed by atoms with Gasteiger partial charge >= 0.3 is 0 Å². The summed E-state index contributed by atoms with van der Waals surface area (Å²) in [5.74, 6) is 0.489. The van der Waals surface area contributed by atoms with E-state index in [2.05, 4.69) is 13.2 Å². The van der Waals surface area contributed by atoms with Crippen LogP contribution >= 0.6 is 0 Å². The molecule has 3 aromatic rings. The predicted octanol–water partition coefficient (Wildman–Crippen LogP) is 4.35. The highest BCUT2D eigenvalue weighted by Crippen LogP contribution is 2.42. The summed E-state index contributed by atoms with van der Waals surface area (Å²) in [5.41, 5.74) is 0.638. The summed E-state index contributed by atoms with van der Waals surface area (Å²) < 4.78 is 1.57. The van der Waals surface area contributed by atoms with Crippen molar-refractivity contribution < 1.29 is 4.79 Å². The molecule has 2 heterocycles. The van der Waals surface area contributed by atoms with Gasteiger partial charge in [-0.2, -0.15) is 0 Å². The first-order chi connectivity index (χ1) is 14.5. The summed E-state index contributed by atoms with van der Waals surface area (Å²) >= 11 is 0. The van der Waals surface area contributed by atoms with Crippen molar-refractivity contribution >= 4 is 16.8 Å². The van der Waals surface area contributed by atoms with Crippen LogP contribution in [0.5, 0.6) is 0 Å². The average Bonchev–Trinajstić information content (AvgIpc) is 2.76. The molecule has 0 saturated carbocycles. The van der Waals surface area contributed by atoms with Crippen molar-refractivity contribution in [3.8, 4) is 0 Å². The molecule has 0 saturated heterocycles. The minimum atomic E-state index is -0.827. The summed E-state index contributed by atoms with van der Waals surface area (Å²) in [6.07, 6.45) is 4.51. The maximum atomic E-state index is 13.6. The van der Waals surface area contributed by atoms with E-state index in [1.165, 1.54) is 0 Å². The van der Waals surface area contributed by atoms with Crippen LogP contribution in [0.3, 0.4) is 0 Å². The van der Waals surface area contributed by atoms with Gasteiger partial charge in [-0.1, -0.05) is 54.6 Å². The minimum Gasteiger partial charge on any atom is -0.323 e. The zero-order valence-corrected chi connectivity index (χ0v) is 17.1. The number of hydrogen-bond acceptors (Lipinski definition) is 3. The first-order valence-electron chi connectivity index (χ1n) is 10.1. The van der Waals surface area contributed by atoms with Gasteiger partial charge in [-0.05, 0) is 37.5 Å². The average molecular weight is 399 g/mol. The molecular formula is C25H25N3O2. The lowest BCUT2D eigenvalue weighted by Crippen LogP contribution is -2.58. The Morgan fingerprint density at radius 3 is 2.30 bits per heavy atom.